The minimum absolute atomic E-state index is 0.141. The molecule has 0 spiro atoms. The van der Waals surface area contributed by atoms with E-state index in [1.165, 1.54) is 13.2 Å². The van der Waals surface area contributed by atoms with E-state index in [0.717, 1.165) is 25.3 Å². The predicted molar refractivity (Wildman–Crippen MR) is 68.3 cm³/mol. The highest BCUT2D eigenvalue weighted by molar-refractivity contribution is 5.49. The number of nitrogens with two attached hydrogens (primary N) is 1. The van der Waals surface area contributed by atoms with Crippen LogP contribution >= 0.6 is 0 Å². The molecule has 2 unspecified atom stereocenters. The van der Waals surface area contributed by atoms with Crippen LogP contribution in [0, 0.1) is 11.7 Å². The highest BCUT2D eigenvalue weighted by atomic mass is 19.1. The molecule has 18 heavy (non-hydrogen) atoms. The van der Waals surface area contributed by atoms with E-state index >= 15 is 0 Å². The zero-order valence-corrected chi connectivity index (χ0v) is 10.5. The van der Waals surface area contributed by atoms with Crippen LogP contribution in [0.25, 0.3) is 0 Å². The molecule has 1 saturated heterocycles. The molecule has 4 nitrogen and oxygen atoms in total. The van der Waals surface area contributed by atoms with Crippen molar-refractivity contribution in [1.29, 1.82) is 0 Å². The zero-order valence-electron chi connectivity index (χ0n) is 10.5. The van der Waals surface area contributed by atoms with Gasteiger partial charge in [0.1, 0.15) is 0 Å². The monoisotopic (exact) mass is 254 g/mol. The topological polar surface area (TPSA) is 56.5 Å². The summed E-state index contributed by atoms with van der Waals surface area (Å²) < 4.78 is 23.6. The van der Waals surface area contributed by atoms with Gasteiger partial charge in [0.2, 0.25) is 0 Å². The third-order valence-corrected chi connectivity index (χ3v) is 3.29. The van der Waals surface area contributed by atoms with Crippen LogP contribution in [0.2, 0.25) is 0 Å². The van der Waals surface area contributed by atoms with Crippen molar-refractivity contribution < 1.29 is 13.9 Å². The Morgan fingerprint density at radius 3 is 3.06 bits per heavy atom. The summed E-state index contributed by atoms with van der Waals surface area (Å²) in [5, 5.41) is 3.32. The molecule has 2 atom stereocenters. The fraction of sp³-hybridized carbons (Fsp3) is 0.538. The highest BCUT2D eigenvalue weighted by Gasteiger charge is 2.24. The van der Waals surface area contributed by atoms with Crippen molar-refractivity contribution in [3.8, 4) is 5.75 Å². The van der Waals surface area contributed by atoms with Gasteiger partial charge in [-0.05, 0) is 18.6 Å². The van der Waals surface area contributed by atoms with Gasteiger partial charge in [-0.2, -0.15) is 0 Å². The molecular formula is C13H19FN2O2. The van der Waals surface area contributed by atoms with Gasteiger partial charge in [0.05, 0.1) is 13.7 Å². The summed E-state index contributed by atoms with van der Waals surface area (Å²) in [5.74, 6) is 0.279. The molecule has 1 aliphatic heterocycles. The summed E-state index contributed by atoms with van der Waals surface area (Å²) >= 11 is 0. The van der Waals surface area contributed by atoms with Gasteiger partial charge in [0.15, 0.2) is 11.6 Å². The Morgan fingerprint density at radius 2 is 2.44 bits per heavy atom. The second-order valence-corrected chi connectivity index (χ2v) is 4.46. The van der Waals surface area contributed by atoms with E-state index in [4.69, 9.17) is 15.2 Å². The molecule has 0 bridgehead atoms. The van der Waals surface area contributed by atoms with Crippen LogP contribution in [0.15, 0.2) is 18.2 Å². The first-order chi connectivity index (χ1) is 8.74. The van der Waals surface area contributed by atoms with Crippen LogP contribution in [0.1, 0.15) is 6.42 Å². The Morgan fingerprint density at radius 1 is 1.61 bits per heavy atom. The smallest absolute Gasteiger partial charge is 0.165 e. The number of hydrogen-bond acceptors (Lipinski definition) is 4. The van der Waals surface area contributed by atoms with Gasteiger partial charge in [-0.1, -0.05) is 0 Å². The van der Waals surface area contributed by atoms with Crippen LogP contribution in [-0.2, 0) is 4.74 Å². The third kappa shape index (κ3) is 2.91. The number of halogens is 1. The van der Waals surface area contributed by atoms with Crippen molar-refractivity contribution >= 4 is 5.69 Å². The van der Waals surface area contributed by atoms with E-state index in [-0.39, 0.29) is 17.6 Å². The first-order valence-corrected chi connectivity index (χ1v) is 6.12. The Kier molecular flexibility index (Phi) is 4.38. The summed E-state index contributed by atoms with van der Waals surface area (Å²) in [5.41, 5.74) is 6.59. The number of ether oxygens (including phenoxy) is 2. The van der Waals surface area contributed by atoms with Gasteiger partial charge >= 0.3 is 0 Å². The lowest BCUT2D eigenvalue weighted by Crippen LogP contribution is -2.36. The molecule has 1 aromatic carbocycles. The molecule has 0 aliphatic carbocycles. The van der Waals surface area contributed by atoms with Crippen molar-refractivity contribution in [2.24, 2.45) is 11.7 Å². The Labute approximate surface area is 106 Å². The average molecular weight is 254 g/mol. The van der Waals surface area contributed by atoms with Gasteiger partial charge in [0, 0.05) is 36.9 Å². The lowest BCUT2D eigenvalue weighted by atomic mass is 9.99. The molecule has 100 valence electrons. The maximum absolute atomic E-state index is 13.3. The Hall–Kier alpha value is -1.33. The maximum atomic E-state index is 13.3. The molecule has 1 fully saturated rings. The van der Waals surface area contributed by atoms with Crippen molar-refractivity contribution in [3.05, 3.63) is 24.0 Å². The third-order valence-electron chi connectivity index (χ3n) is 3.29. The molecule has 5 heteroatoms. The van der Waals surface area contributed by atoms with E-state index in [9.17, 15) is 4.39 Å². The van der Waals surface area contributed by atoms with Crippen molar-refractivity contribution in [1.82, 2.24) is 0 Å². The molecule has 0 radical (unpaired) electrons. The summed E-state index contributed by atoms with van der Waals surface area (Å²) in [7, 11) is 1.45. The van der Waals surface area contributed by atoms with Crippen LogP contribution in [0.4, 0.5) is 10.1 Å². The standard InChI is InChI=1S/C13H19FN2O2/c1-17-13-6-10(2-3-11(13)14)16-12(7-15)9-4-5-18-8-9/h2-3,6,9,12,16H,4-5,7-8,15H2,1H3. The normalized spacial score (nSPS) is 20.7. The van der Waals surface area contributed by atoms with Gasteiger partial charge in [-0.25, -0.2) is 4.39 Å². The van der Waals surface area contributed by atoms with Crippen LogP contribution in [0.5, 0.6) is 5.75 Å². The number of nitrogens with one attached hydrogen (secondary N) is 1. The molecule has 0 aromatic heterocycles. The van der Waals surface area contributed by atoms with E-state index in [0.29, 0.717) is 12.5 Å². The summed E-state index contributed by atoms with van der Waals surface area (Å²) in [6.07, 6.45) is 1.01. The predicted octanol–water partition coefficient (Wildman–Crippen LogP) is 1.61. The number of hydrogen-bond donors (Lipinski definition) is 2. The number of benzene rings is 1. The van der Waals surface area contributed by atoms with Crippen molar-refractivity contribution in [2.45, 2.75) is 12.5 Å². The maximum Gasteiger partial charge on any atom is 0.165 e. The zero-order chi connectivity index (χ0) is 13.0. The fourth-order valence-electron chi connectivity index (χ4n) is 2.20. The van der Waals surface area contributed by atoms with Gasteiger partial charge < -0.3 is 20.5 Å². The van der Waals surface area contributed by atoms with Crippen molar-refractivity contribution in [3.63, 3.8) is 0 Å². The highest BCUT2D eigenvalue weighted by Crippen LogP contribution is 2.24. The van der Waals surface area contributed by atoms with E-state index in [2.05, 4.69) is 5.32 Å². The minimum atomic E-state index is -0.364. The lowest BCUT2D eigenvalue weighted by Gasteiger charge is -2.23. The molecule has 1 aliphatic rings. The molecule has 1 aromatic rings. The number of rotatable bonds is 5. The first kappa shape index (κ1) is 13.1. The second kappa shape index (κ2) is 6.02. The second-order valence-electron chi connectivity index (χ2n) is 4.46. The van der Waals surface area contributed by atoms with E-state index in [1.807, 2.05) is 0 Å². The van der Waals surface area contributed by atoms with Crippen LogP contribution < -0.4 is 15.8 Å². The van der Waals surface area contributed by atoms with E-state index < -0.39 is 0 Å². The molecule has 3 N–H and O–H groups in total. The SMILES string of the molecule is COc1cc(NC(CN)C2CCOC2)ccc1F. The molecule has 2 rings (SSSR count). The molecule has 0 amide bonds. The fourth-order valence-corrected chi connectivity index (χ4v) is 2.20. The first-order valence-electron chi connectivity index (χ1n) is 6.12. The van der Waals surface area contributed by atoms with Gasteiger partial charge in [-0.3, -0.25) is 0 Å². The summed E-state index contributed by atoms with van der Waals surface area (Å²) in [6.45, 7) is 2.04. The van der Waals surface area contributed by atoms with Gasteiger partial charge in [-0.15, -0.1) is 0 Å². The molecule has 0 saturated carbocycles. The number of methoxy groups -OCH3 is 1. The Balaban J connectivity index is 2.06. The minimum Gasteiger partial charge on any atom is -0.494 e. The van der Waals surface area contributed by atoms with Crippen LogP contribution in [-0.4, -0.2) is 32.9 Å². The van der Waals surface area contributed by atoms with E-state index in [1.54, 1.807) is 12.1 Å². The largest absolute Gasteiger partial charge is 0.494 e. The number of anilines is 1. The quantitative estimate of drug-likeness (QED) is 0.838. The van der Waals surface area contributed by atoms with Gasteiger partial charge in [0.25, 0.3) is 0 Å². The Bertz CT molecular complexity index is 395. The summed E-state index contributed by atoms with van der Waals surface area (Å²) in [6, 6.07) is 4.87. The average Bonchev–Trinajstić information content (AvgIpc) is 2.91. The van der Waals surface area contributed by atoms with Crippen LogP contribution in [0.3, 0.4) is 0 Å². The summed E-state index contributed by atoms with van der Waals surface area (Å²) in [4.78, 5) is 0. The molecular weight excluding hydrogens is 235 g/mol. The van der Waals surface area contributed by atoms with Crippen molar-refractivity contribution in [2.75, 3.05) is 32.2 Å². The lowest BCUT2D eigenvalue weighted by molar-refractivity contribution is 0.182. The molecule has 1 heterocycles.